The van der Waals surface area contributed by atoms with E-state index in [1.54, 1.807) is 24.9 Å². The monoisotopic (exact) mass is 862 g/mol. The number of nitrogens with one attached hydrogen (secondary N) is 6. The van der Waals surface area contributed by atoms with Crippen LogP contribution in [0.25, 0.3) is 22.2 Å². The van der Waals surface area contributed by atoms with Crippen molar-refractivity contribution in [3.63, 3.8) is 0 Å². The van der Waals surface area contributed by atoms with Crippen molar-refractivity contribution in [2.75, 3.05) is 22.5 Å². The molecule has 0 saturated heterocycles. The van der Waals surface area contributed by atoms with Gasteiger partial charge >= 0.3 is 12.0 Å². The van der Waals surface area contributed by atoms with Gasteiger partial charge in [0, 0.05) is 36.7 Å². The predicted molar refractivity (Wildman–Crippen MR) is 229 cm³/mol. The molecule has 310 valence electrons. The molecule has 21 heteroatoms. The van der Waals surface area contributed by atoms with Crippen LogP contribution in [-0.4, -0.2) is 73.0 Å². The van der Waals surface area contributed by atoms with E-state index in [0.29, 0.717) is 85.2 Å². The number of nitrogens with zero attached hydrogens (tertiary/aromatic N) is 8. The molecule has 0 spiro atoms. The molecule has 2 atom stereocenters. The molecule has 6 N–H and O–H groups in total. The summed E-state index contributed by atoms with van der Waals surface area (Å²) in [7, 11) is 1.74. The summed E-state index contributed by atoms with van der Waals surface area (Å²) in [6.07, 6.45) is 6.83. The van der Waals surface area contributed by atoms with E-state index in [4.69, 9.17) is 36.6 Å². The fourth-order valence-corrected chi connectivity index (χ4v) is 7.27. The van der Waals surface area contributed by atoms with Crippen molar-refractivity contribution in [3.8, 4) is 0 Å². The number of anilines is 3. The molecule has 61 heavy (non-hydrogen) atoms. The number of hydrogen-bond acceptors (Lipinski definition) is 16. The van der Waals surface area contributed by atoms with Crippen molar-refractivity contribution in [3.05, 3.63) is 111 Å². The van der Waals surface area contributed by atoms with Gasteiger partial charge in [-0.15, -0.1) is 0 Å². The molecule has 2 aromatic carbocycles. The van der Waals surface area contributed by atoms with E-state index in [1.807, 2.05) is 61.5 Å². The summed E-state index contributed by atoms with van der Waals surface area (Å²) >= 11 is 12.7. The van der Waals surface area contributed by atoms with Gasteiger partial charge in [0.05, 0.1) is 33.5 Å². The van der Waals surface area contributed by atoms with Crippen LogP contribution in [0.3, 0.4) is 0 Å². The number of amides is 2. The Morgan fingerprint density at radius 1 is 0.820 bits per heavy atom. The number of rotatable bonds is 8. The second-order valence-electron chi connectivity index (χ2n) is 14.2. The maximum Gasteiger partial charge on any atom is 0.302 e. The van der Waals surface area contributed by atoms with Crippen molar-refractivity contribution >= 4 is 92.7 Å². The third-order valence-electron chi connectivity index (χ3n) is 9.71. The van der Waals surface area contributed by atoms with E-state index < -0.39 is 18.0 Å². The molecule has 1 fully saturated rings. The van der Waals surface area contributed by atoms with Crippen molar-refractivity contribution in [2.24, 2.45) is 22.0 Å². The van der Waals surface area contributed by atoms with Crippen LogP contribution in [0.5, 0.6) is 0 Å². The van der Waals surface area contributed by atoms with Crippen molar-refractivity contribution < 1.29 is 22.9 Å². The van der Waals surface area contributed by atoms with Crippen LogP contribution in [0.4, 0.5) is 17.8 Å². The Morgan fingerprint density at radius 2 is 1.43 bits per heavy atom. The topological polar surface area (TPSA) is 239 Å². The molecule has 3 aliphatic heterocycles. The molecule has 7 heterocycles. The first-order valence-corrected chi connectivity index (χ1v) is 19.8. The second kappa shape index (κ2) is 16.4. The SMILES string of the molecule is CC1=C(C(=O)NC2CC2)C(C2=NCC=C2Cl)N=C(Nc2nc3ccccc3o2)N1.CC1=C(C(=O)Nc2ccon2)C(c2nn(C)cc2Cl)N=C(Nc2nc3ccccc3o2)N1. The highest BCUT2D eigenvalue weighted by atomic mass is 35.5. The van der Waals surface area contributed by atoms with Crippen LogP contribution < -0.4 is 31.9 Å². The minimum atomic E-state index is -0.788. The number of benzene rings is 2. The van der Waals surface area contributed by atoms with Gasteiger partial charge in [0.2, 0.25) is 11.9 Å². The standard InChI is InChI=1S/C20H17ClN8O3.C20H19ClN6O2/c1-10-15(18(30)24-14-7-8-31-28-14)17(16-11(21)9-29(2)27-16)25-19(22-10)26-20-23-12-5-3-4-6-13(12)32-20;1-10-15(18(28)24-11-6-7-11)17(16-12(21)8-9-22-16)26-19(23-10)27-20-25-13-4-2-3-5-14(13)29-20/h3-9,17H,1-2H3,(H,24,28,30)(H2,22,23,25,26);2-5,8,11,17H,6-7,9H2,1H3,(H,24,28)(H2,23,25,26,27). The zero-order chi connectivity index (χ0) is 42.2. The number of aliphatic imine (C=N–C) groups is 3. The summed E-state index contributed by atoms with van der Waals surface area (Å²) in [5.74, 6) is 0.465. The van der Waals surface area contributed by atoms with Gasteiger partial charge in [-0.2, -0.15) is 15.1 Å². The molecule has 2 unspecified atom stereocenters. The first kappa shape index (κ1) is 39.2. The van der Waals surface area contributed by atoms with E-state index in [-0.39, 0.29) is 23.8 Å². The molecule has 2 amide bonds. The van der Waals surface area contributed by atoms with E-state index in [9.17, 15) is 9.59 Å². The molecule has 19 nitrogen and oxygen atoms in total. The molecule has 1 saturated carbocycles. The van der Waals surface area contributed by atoms with Crippen LogP contribution in [0, 0.1) is 0 Å². The summed E-state index contributed by atoms with van der Waals surface area (Å²) in [4.78, 5) is 48.5. The van der Waals surface area contributed by atoms with Crippen LogP contribution in [-0.2, 0) is 16.6 Å². The van der Waals surface area contributed by atoms with Crippen molar-refractivity contribution in [1.82, 2.24) is 40.9 Å². The fraction of sp³-hybridized carbons (Fsp3) is 0.225. The molecule has 0 bridgehead atoms. The fourth-order valence-electron chi connectivity index (χ4n) is 6.75. The molecular formula is C40H36Cl2N14O5. The highest BCUT2D eigenvalue weighted by Gasteiger charge is 2.37. The molecule has 0 radical (unpaired) electrons. The number of allylic oxidation sites excluding steroid dienone is 2. The number of aryl methyl sites for hydroxylation is 1. The summed E-state index contributed by atoms with van der Waals surface area (Å²) in [5.41, 5.74) is 5.85. The number of oxazole rings is 2. The number of carbonyl (C=O) groups excluding carboxylic acids is 2. The Labute approximate surface area is 356 Å². The first-order valence-electron chi connectivity index (χ1n) is 19.0. The molecule has 6 aromatic rings. The average molecular weight is 864 g/mol. The maximum atomic E-state index is 13.1. The highest BCUT2D eigenvalue weighted by Crippen LogP contribution is 2.35. The number of guanidine groups is 2. The summed E-state index contributed by atoms with van der Waals surface area (Å²) in [6, 6.07) is 15.8. The number of carbonyl (C=O) groups is 2. The van der Waals surface area contributed by atoms with Gasteiger partial charge in [-0.3, -0.25) is 29.9 Å². The van der Waals surface area contributed by atoms with Gasteiger partial charge in [0.15, 0.2) is 17.0 Å². The lowest BCUT2D eigenvalue weighted by Gasteiger charge is -2.26. The molecule has 4 aliphatic rings. The highest BCUT2D eigenvalue weighted by molar-refractivity contribution is 6.45. The third-order valence-corrected chi connectivity index (χ3v) is 10.3. The number of para-hydroxylation sites is 4. The van der Waals surface area contributed by atoms with Gasteiger partial charge in [0.25, 0.3) is 11.8 Å². The Bertz CT molecular complexity index is 2810. The van der Waals surface area contributed by atoms with E-state index in [2.05, 4.69) is 67.1 Å². The quantitative estimate of drug-likeness (QED) is 0.104. The van der Waals surface area contributed by atoms with Crippen LogP contribution in [0.15, 0.2) is 129 Å². The van der Waals surface area contributed by atoms with E-state index in [0.717, 1.165) is 18.4 Å². The summed E-state index contributed by atoms with van der Waals surface area (Å²) in [5, 5.41) is 27.1. The Hall–Kier alpha value is -7.25. The smallest absolute Gasteiger partial charge is 0.302 e. The van der Waals surface area contributed by atoms with Gasteiger partial charge in [-0.1, -0.05) is 52.6 Å². The van der Waals surface area contributed by atoms with Gasteiger partial charge in [-0.05, 0) is 57.0 Å². The van der Waals surface area contributed by atoms with E-state index >= 15 is 0 Å². The maximum absolute atomic E-state index is 13.1. The lowest BCUT2D eigenvalue weighted by atomic mass is 9.98. The van der Waals surface area contributed by atoms with Crippen LogP contribution >= 0.6 is 23.2 Å². The van der Waals surface area contributed by atoms with Crippen LogP contribution in [0.2, 0.25) is 5.02 Å². The zero-order valence-electron chi connectivity index (χ0n) is 32.7. The third kappa shape index (κ3) is 8.46. The van der Waals surface area contributed by atoms with Gasteiger partial charge in [-0.25, -0.2) is 9.98 Å². The molecular weight excluding hydrogens is 827 g/mol. The van der Waals surface area contributed by atoms with Crippen molar-refractivity contribution in [2.45, 2.75) is 44.8 Å². The lowest BCUT2D eigenvalue weighted by Crippen LogP contribution is -2.44. The first-order chi connectivity index (χ1) is 29.6. The van der Waals surface area contributed by atoms with Crippen LogP contribution in [0.1, 0.15) is 38.4 Å². The lowest BCUT2D eigenvalue weighted by molar-refractivity contribution is -0.118. The largest absolute Gasteiger partial charge is 0.423 e. The summed E-state index contributed by atoms with van der Waals surface area (Å²) in [6.45, 7) is 4.08. The minimum Gasteiger partial charge on any atom is -0.423 e. The number of fused-ring (bicyclic) bond motifs is 2. The van der Waals surface area contributed by atoms with Crippen molar-refractivity contribution in [1.29, 1.82) is 0 Å². The summed E-state index contributed by atoms with van der Waals surface area (Å²) < 4.78 is 17.8. The molecule has 1 aliphatic carbocycles. The number of halogens is 2. The Balaban J connectivity index is 0.000000157. The predicted octanol–water partition coefficient (Wildman–Crippen LogP) is 5.93. The minimum absolute atomic E-state index is 0.147. The van der Waals surface area contributed by atoms with E-state index in [1.165, 1.54) is 12.3 Å². The zero-order valence-corrected chi connectivity index (χ0v) is 34.2. The second-order valence-corrected chi connectivity index (χ2v) is 15.0. The number of aromatic nitrogens is 5. The Morgan fingerprint density at radius 3 is 1.95 bits per heavy atom. The van der Waals surface area contributed by atoms with Gasteiger partial charge in [0.1, 0.15) is 35.1 Å². The molecule has 4 aromatic heterocycles. The molecule has 10 rings (SSSR count). The van der Waals surface area contributed by atoms with Gasteiger partial charge < -0.3 is 34.6 Å². The normalized spacial score (nSPS) is 18.6. The Kier molecular flexibility index (Phi) is 10.6. The number of hydrogen-bond donors (Lipinski definition) is 6. The average Bonchev–Trinajstić information content (AvgIpc) is 3.73.